The highest BCUT2D eigenvalue weighted by Gasteiger charge is 2.24. The molecule has 0 aliphatic rings. The van der Waals surface area contributed by atoms with Crippen molar-refractivity contribution in [3.05, 3.63) is 59.3 Å². The number of anilines is 1. The molecule has 0 aliphatic heterocycles. The zero-order valence-electron chi connectivity index (χ0n) is 20.4. The number of nitrogens with zero attached hydrogens (tertiary/aromatic N) is 3. The first-order valence-corrected chi connectivity index (χ1v) is 13.3. The zero-order valence-corrected chi connectivity index (χ0v) is 22.1. The molecule has 9 heteroatoms. The average molecular weight is 500 g/mol. The Morgan fingerprint density at radius 2 is 1.82 bits per heavy atom. The number of benzene rings is 2. The van der Waals surface area contributed by atoms with Gasteiger partial charge in [0.2, 0.25) is 10.0 Å². The quantitative estimate of drug-likeness (QED) is 0.248. The van der Waals surface area contributed by atoms with Gasteiger partial charge in [0, 0.05) is 48.5 Å². The lowest BCUT2D eigenvalue weighted by atomic mass is 10.1. The zero-order chi connectivity index (χ0) is 24.9. The van der Waals surface area contributed by atoms with E-state index in [2.05, 4.69) is 21.9 Å². The van der Waals surface area contributed by atoms with Gasteiger partial charge in [-0.1, -0.05) is 31.5 Å². The molecule has 1 heterocycles. The van der Waals surface area contributed by atoms with Crippen LogP contribution in [0.15, 0.2) is 52.6 Å². The Morgan fingerprint density at radius 3 is 2.47 bits per heavy atom. The van der Waals surface area contributed by atoms with E-state index in [1.54, 1.807) is 22.7 Å². The van der Waals surface area contributed by atoms with Crippen LogP contribution in [0, 0.1) is 13.8 Å². The third kappa shape index (κ3) is 5.84. The molecule has 0 bridgehead atoms. The van der Waals surface area contributed by atoms with Gasteiger partial charge in [-0.05, 0) is 68.7 Å². The van der Waals surface area contributed by atoms with Gasteiger partial charge in [-0.2, -0.15) is 9.41 Å². The lowest BCUT2D eigenvalue weighted by Crippen LogP contribution is -2.32. The lowest BCUT2D eigenvalue weighted by molar-refractivity contribution is 0.410. The van der Waals surface area contributed by atoms with Crippen LogP contribution in [0.5, 0.6) is 0 Å². The van der Waals surface area contributed by atoms with Crippen molar-refractivity contribution in [2.24, 2.45) is 12.1 Å². The first-order valence-electron chi connectivity index (χ1n) is 11.4. The third-order valence-corrected chi connectivity index (χ3v) is 7.66. The molecule has 2 aromatic carbocycles. The van der Waals surface area contributed by atoms with E-state index in [0.29, 0.717) is 23.1 Å². The fourth-order valence-corrected chi connectivity index (χ4v) is 5.74. The first-order chi connectivity index (χ1) is 16.2. The van der Waals surface area contributed by atoms with Gasteiger partial charge >= 0.3 is 0 Å². The summed E-state index contributed by atoms with van der Waals surface area (Å²) in [4.78, 5) is 0.294. The van der Waals surface area contributed by atoms with Crippen LogP contribution in [0.3, 0.4) is 0 Å². The number of aryl methyl sites for hydroxylation is 3. The van der Waals surface area contributed by atoms with Crippen molar-refractivity contribution >= 4 is 50.2 Å². The molecular formula is C25H33N5O2S2. The summed E-state index contributed by atoms with van der Waals surface area (Å²) in [5, 5.41) is 8.62. The highest BCUT2D eigenvalue weighted by Crippen LogP contribution is 2.25. The summed E-state index contributed by atoms with van der Waals surface area (Å²) in [5.41, 5.74) is 7.77. The van der Waals surface area contributed by atoms with E-state index in [9.17, 15) is 8.42 Å². The van der Waals surface area contributed by atoms with Gasteiger partial charge in [-0.25, -0.2) is 8.42 Å². The van der Waals surface area contributed by atoms with E-state index in [1.165, 1.54) is 5.56 Å². The maximum Gasteiger partial charge on any atom is 0.243 e. The van der Waals surface area contributed by atoms with Crippen LogP contribution in [0.2, 0.25) is 0 Å². The second kappa shape index (κ2) is 11.1. The maximum absolute atomic E-state index is 13.2. The van der Waals surface area contributed by atoms with Crippen molar-refractivity contribution in [3.63, 3.8) is 0 Å². The molecule has 0 radical (unpaired) electrons. The van der Waals surface area contributed by atoms with Crippen molar-refractivity contribution in [1.29, 1.82) is 0 Å². The van der Waals surface area contributed by atoms with Crippen molar-refractivity contribution < 1.29 is 8.42 Å². The molecule has 3 aromatic rings. The minimum absolute atomic E-state index is 0.294. The van der Waals surface area contributed by atoms with Crippen LogP contribution >= 0.6 is 12.2 Å². The summed E-state index contributed by atoms with van der Waals surface area (Å²) in [5.74, 6) is 0. The van der Waals surface area contributed by atoms with Crippen LogP contribution in [0.1, 0.15) is 43.4 Å². The normalized spacial score (nSPS) is 12.1. The highest BCUT2D eigenvalue weighted by molar-refractivity contribution is 7.89. The van der Waals surface area contributed by atoms with Crippen molar-refractivity contribution in [2.45, 2.75) is 45.4 Å². The van der Waals surface area contributed by atoms with E-state index >= 15 is 0 Å². The van der Waals surface area contributed by atoms with Gasteiger partial charge in [-0.3, -0.25) is 5.43 Å². The number of hydrazone groups is 1. The third-order valence-electron chi connectivity index (χ3n) is 5.58. The molecule has 34 heavy (non-hydrogen) atoms. The van der Waals surface area contributed by atoms with Crippen LogP contribution in [0.25, 0.3) is 10.9 Å². The largest absolute Gasteiger partial charge is 0.350 e. The molecule has 0 atom stereocenters. The molecule has 182 valence electrons. The van der Waals surface area contributed by atoms with E-state index < -0.39 is 10.0 Å². The molecule has 0 fully saturated rings. The molecule has 2 N–H and O–H groups in total. The smallest absolute Gasteiger partial charge is 0.243 e. The van der Waals surface area contributed by atoms with E-state index in [1.807, 2.05) is 63.7 Å². The topological polar surface area (TPSA) is 78.7 Å². The monoisotopic (exact) mass is 499 g/mol. The number of aromatic nitrogens is 1. The van der Waals surface area contributed by atoms with Crippen LogP contribution in [-0.4, -0.2) is 41.7 Å². The van der Waals surface area contributed by atoms with Crippen LogP contribution in [0.4, 0.5) is 5.69 Å². The van der Waals surface area contributed by atoms with Gasteiger partial charge in [-0.15, -0.1) is 0 Å². The summed E-state index contributed by atoms with van der Waals surface area (Å²) >= 11 is 5.37. The predicted molar refractivity (Wildman–Crippen MR) is 145 cm³/mol. The second-order valence-electron chi connectivity index (χ2n) is 8.42. The number of fused-ring (bicyclic) bond motifs is 1. The van der Waals surface area contributed by atoms with E-state index in [0.717, 1.165) is 40.6 Å². The molecule has 1 aromatic heterocycles. The molecule has 0 saturated heterocycles. The molecule has 7 nitrogen and oxygen atoms in total. The SMILES string of the molecule is CCCN(CCC)S(=O)(=O)c1ccc2c(c1)c(C=NNC(=S)Nc1ccc(C)cc1C)cn2C. The van der Waals surface area contributed by atoms with E-state index in [-0.39, 0.29) is 0 Å². The fraction of sp³-hybridized carbons (Fsp3) is 0.360. The second-order valence-corrected chi connectivity index (χ2v) is 10.8. The Labute approximate surface area is 207 Å². The number of hydrogen-bond donors (Lipinski definition) is 2. The minimum atomic E-state index is -3.57. The van der Waals surface area contributed by atoms with Gasteiger partial charge in [0.1, 0.15) is 0 Å². The standard InChI is InChI=1S/C25H33N5O2S2/c1-6-12-30(13-7-2)34(31,32)21-9-11-24-22(15-21)20(17-29(24)5)16-26-28-25(33)27-23-10-8-18(3)14-19(23)4/h8-11,14-17H,6-7,12-13H2,1-5H3,(H2,27,28,33). The Balaban J connectivity index is 1.82. The molecule has 0 unspecified atom stereocenters. The Bertz CT molecular complexity index is 1310. The first kappa shape index (κ1) is 25.9. The van der Waals surface area contributed by atoms with Crippen molar-refractivity contribution in [2.75, 3.05) is 18.4 Å². The van der Waals surface area contributed by atoms with Gasteiger partial charge < -0.3 is 9.88 Å². The number of sulfonamides is 1. The Morgan fingerprint density at radius 1 is 1.12 bits per heavy atom. The average Bonchev–Trinajstić information content (AvgIpc) is 3.10. The number of thiocarbonyl (C=S) groups is 1. The predicted octanol–water partition coefficient (Wildman–Crippen LogP) is 4.93. The molecule has 0 spiro atoms. The Hall–Kier alpha value is -2.75. The van der Waals surface area contributed by atoms with Crippen LogP contribution in [-0.2, 0) is 17.1 Å². The number of nitrogens with one attached hydrogen (secondary N) is 2. The minimum Gasteiger partial charge on any atom is -0.350 e. The number of hydrogen-bond acceptors (Lipinski definition) is 4. The molecular weight excluding hydrogens is 466 g/mol. The van der Waals surface area contributed by atoms with Crippen molar-refractivity contribution in [3.8, 4) is 0 Å². The molecule has 3 rings (SSSR count). The summed E-state index contributed by atoms with van der Waals surface area (Å²) in [6.07, 6.45) is 5.12. The maximum atomic E-state index is 13.2. The molecule has 0 amide bonds. The summed E-state index contributed by atoms with van der Waals surface area (Å²) in [6.45, 7) is 9.05. The summed E-state index contributed by atoms with van der Waals surface area (Å²) < 4.78 is 30.0. The van der Waals surface area contributed by atoms with Gasteiger partial charge in [0.15, 0.2) is 5.11 Å². The lowest BCUT2D eigenvalue weighted by Gasteiger charge is -2.21. The molecule has 0 aliphatic carbocycles. The fourth-order valence-electron chi connectivity index (χ4n) is 3.93. The van der Waals surface area contributed by atoms with Crippen molar-refractivity contribution in [1.82, 2.24) is 14.3 Å². The van der Waals surface area contributed by atoms with Gasteiger partial charge in [0.25, 0.3) is 0 Å². The van der Waals surface area contributed by atoms with Crippen LogP contribution < -0.4 is 10.7 Å². The molecule has 0 saturated carbocycles. The highest BCUT2D eigenvalue weighted by atomic mass is 32.2. The Kier molecular flexibility index (Phi) is 8.46. The van der Waals surface area contributed by atoms with E-state index in [4.69, 9.17) is 12.2 Å². The number of rotatable bonds is 9. The summed E-state index contributed by atoms with van der Waals surface area (Å²) in [7, 11) is -1.64. The summed E-state index contributed by atoms with van der Waals surface area (Å²) in [6, 6.07) is 11.3. The van der Waals surface area contributed by atoms with Gasteiger partial charge in [0.05, 0.1) is 11.1 Å².